The Morgan fingerprint density at radius 3 is 1.33 bits per heavy atom. The Balaban J connectivity index is 4.28. The smallest absolute Gasteiger partial charge is 0.268 e. The molecule has 0 heterocycles. The number of carbonyl (C=O) groups is 1. The van der Waals surface area contributed by atoms with E-state index in [2.05, 4.69) is 19.2 Å². The lowest BCUT2D eigenvalue weighted by molar-refractivity contribution is -0.870. The molecule has 0 radical (unpaired) electrons. The minimum absolute atomic E-state index is 0.0158. The highest BCUT2D eigenvalue weighted by molar-refractivity contribution is 7.45. The fraction of sp³-hybridized carbons (Fsp3) is 0.976. The molecule has 9 heteroatoms. The fourth-order valence-corrected chi connectivity index (χ4v) is 7.29. The van der Waals surface area contributed by atoms with Gasteiger partial charge in [-0.25, -0.2) is 0 Å². The third-order valence-corrected chi connectivity index (χ3v) is 11.1. The van der Waals surface area contributed by atoms with Gasteiger partial charge in [-0.15, -0.1) is 0 Å². The van der Waals surface area contributed by atoms with Crippen LogP contribution in [0, 0.1) is 0 Å². The van der Waals surface area contributed by atoms with Crippen molar-refractivity contribution in [3.8, 4) is 0 Å². The SMILES string of the molecule is CCCCCCCCCCCCCCCCCCCCC(=O)NC(COP(=O)([O-])OCC[N+](C)(C)C)C(O)CCCCCCCCCCCCC. The summed E-state index contributed by atoms with van der Waals surface area (Å²) in [6.07, 6.45) is 36.7. The monoisotopic (exact) mass is 747 g/mol. The summed E-state index contributed by atoms with van der Waals surface area (Å²) in [5, 5.41) is 13.9. The summed E-state index contributed by atoms with van der Waals surface area (Å²) in [4.78, 5) is 25.3. The number of hydrogen-bond donors (Lipinski definition) is 2. The summed E-state index contributed by atoms with van der Waals surface area (Å²) in [5.41, 5.74) is 0. The number of quaternary nitrogens is 1. The van der Waals surface area contributed by atoms with Crippen molar-refractivity contribution in [2.24, 2.45) is 0 Å². The quantitative estimate of drug-likeness (QED) is 0.0367. The average Bonchev–Trinajstić information content (AvgIpc) is 3.07. The average molecular weight is 747 g/mol. The van der Waals surface area contributed by atoms with Gasteiger partial charge in [0.2, 0.25) is 5.91 Å². The topological polar surface area (TPSA) is 108 Å². The largest absolute Gasteiger partial charge is 0.756 e. The summed E-state index contributed by atoms with van der Waals surface area (Å²) in [7, 11) is 1.31. The number of amides is 1. The van der Waals surface area contributed by atoms with Crippen LogP contribution in [0.1, 0.15) is 213 Å². The van der Waals surface area contributed by atoms with E-state index in [0.29, 0.717) is 23.9 Å². The minimum atomic E-state index is -4.55. The zero-order valence-electron chi connectivity index (χ0n) is 34.6. The van der Waals surface area contributed by atoms with Gasteiger partial charge in [0.15, 0.2) is 0 Å². The predicted octanol–water partition coefficient (Wildman–Crippen LogP) is 11.2. The molecule has 0 aromatic carbocycles. The van der Waals surface area contributed by atoms with E-state index in [9.17, 15) is 19.4 Å². The van der Waals surface area contributed by atoms with Crippen molar-refractivity contribution in [3.05, 3.63) is 0 Å². The molecule has 0 saturated carbocycles. The van der Waals surface area contributed by atoms with Crippen LogP contribution in [0.3, 0.4) is 0 Å². The van der Waals surface area contributed by atoms with Gasteiger partial charge >= 0.3 is 0 Å². The second-order valence-corrected chi connectivity index (χ2v) is 17.8. The Morgan fingerprint density at radius 2 is 0.961 bits per heavy atom. The van der Waals surface area contributed by atoms with Gasteiger partial charge in [0, 0.05) is 6.42 Å². The standard InChI is InChI=1S/C42H87N2O6P/c1-6-8-10-12-14-16-18-19-20-21-22-23-24-26-28-30-32-34-36-42(46)43-40(39-50-51(47,48)49-38-37-44(3,4)5)41(45)35-33-31-29-27-25-17-15-13-11-9-7-2/h40-41,45H,6-39H2,1-5H3,(H-,43,46,47,48). The van der Waals surface area contributed by atoms with Crippen LogP contribution in [-0.4, -0.2) is 68.5 Å². The lowest BCUT2D eigenvalue weighted by Crippen LogP contribution is -2.46. The van der Waals surface area contributed by atoms with Crippen LogP contribution >= 0.6 is 7.82 Å². The van der Waals surface area contributed by atoms with Gasteiger partial charge in [-0.3, -0.25) is 9.36 Å². The number of phosphoric acid groups is 1. The van der Waals surface area contributed by atoms with E-state index in [1.165, 1.54) is 148 Å². The maximum Gasteiger partial charge on any atom is 0.268 e. The Kier molecular flexibility index (Phi) is 34.9. The van der Waals surface area contributed by atoms with Crippen LogP contribution in [-0.2, 0) is 18.4 Å². The predicted molar refractivity (Wildman–Crippen MR) is 215 cm³/mol. The Labute approximate surface area is 317 Å². The second-order valence-electron chi connectivity index (χ2n) is 16.4. The number of aliphatic hydroxyl groups excluding tert-OH is 1. The van der Waals surface area contributed by atoms with Crippen molar-refractivity contribution in [2.75, 3.05) is 40.9 Å². The van der Waals surface area contributed by atoms with Crippen LogP contribution in [0.2, 0.25) is 0 Å². The number of likely N-dealkylation sites (N-methyl/N-ethyl adjacent to an activating group) is 1. The molecule has 0 aliphatic carbocycles. The van der Waals surface area contributed by atoms with E-state index in [1.54, 1.807) is 0 Å². The van der Waals surface area contributed by atoms with Crippen molar-refractivity contribution < 1.29 is 32.9 Å². The van der Waals surface area contributed by atoms with Crippen LogP contribution in [0.15, 0.2) is 0 Å². The molecule has 3 unspecified atom stereocenters. The molecule has 0 bridgehead atoms. The summed E-state index contributed by atoms with van der Waals surface area (Å²) in [6, 6.07) is -0.791. The van der Waals surface area contributed by atoms with Gasteiger partial charge < -0.3 is 28.8 Å². The lowest BCUT2D eigenvalue weighted by atomic mass is 10.0. The molecule has 0 spiro atoms. The number of unbranched alkanes of at least 4 members (excludes halogenated alkanes) is 27. The zero-order chi connectivity index (χ0) is 37.9. The highest BCUT2D eigenvalue weighted by atomic mass is 31.2. The molecule has 8 nitrogen and oxygen atoms in total. The van der Waals surface area contributed by atoms with Crippen LogP contribution in [0.5, 0.6) is 0 Å². The van der Waals surface area contributed by atoms with Gasteiger partial charge in [0.05, 0.1) is 39.9 Å². The van der Waals surface area contributed by atoms with Gasteiger partial charge in [0.1, 0.15) is 13.2 Å². The molecule has 0 saturated heterocycles. The molecular weight excluding hydrogens is 659 g/mol. The first-order chi connectivity index (χ1) is 24.5. The highest BCUT2D eigenvalue weighted by Gasteiger charge is 2.24. The number of nitrogens with zero attached hydrogens (tertiary/aromatic N) is 1. The lowest BCUT2D eigenvalue weighted by Gasteiger charge is -2.30. The van der Waals surface area contributed by atoms with Crippen molar-refractivity contribution in [3.63, 3.8) is 0 Å². The molecule has 2 N–H and O–H groups in total. The van der Waals surface area contributed by atoms with E-state index in [4.69, 9.17) is 9.05 Å². The Bertz CT molecular complexity index is 809. The van der Waals surface area contributed by atoms with E-state index >= 15 is 0 Å². The second kappa shape index (κ2) is 35.2. The highest BCUT2D eigenvalue weighted by Crippen LogP contribution is 2.38. The summed E-state index contributed by atoms with van der Waals surface area (Å²) in [5.74, 6) is -0.162. The fourth-order valence-electron chi connectivity index (χ4n) is 6.57. The molecule has 1 amide bonds. The number of nitrogens with one attached hydrogen (secondary N) is 1. The van der Waals surface area contributed by atoms with Crippen molar-refractivity contribution in [1.82, 2.24) is 5.32 Å². The Morgan fingerprint density at radius 1 is 0.608 bits per heavy atom. The van der Waals surface area contributed by atoms with Gasteiger partial charge in [-0.05, 0) is 12.8 Å². The zero-order valence-corrected chi connectivity index (χ0v) is 35.5. The number of aliphatic hydroxyl groups is 1. The summed E-state index contributed by atoms with van der Waals surface area (Å²) >= 11 is 0. The van der Waals surface area contributed by atoms with Crippen molar-refractivity contribution in [2.45, 2.75) is 225 Å². The normalized spacial score (nSPS) is 14.4. The van der Waals surface area contributed by atoms with E-state index in [1.807, 2.05) is 21.1 Å². The van der Waals surface area contributed by atoms with Crippen LogP contribution < -0.4 is 10.2 Å². The number of phosphoric ester groups is 1. The van der Waals surface area contributed by atoms with Gasteiger partial charge in [-0.2, -0.15) is 0 Å². The first-order valence-corrected chi connectivity index (χ1v) is 23.3. The Hall–Kier alpha value is -0.500. The summed E-state index contributed by atoms with van der Waals surface area (Å²) in [6.45, 7) is 4.72. The third kappa shape index (κ3) is 37.6. The first-order valence-electron chi connectivity index (χ1n) is 21.9. The van der Waals surface area contributed by atoms with Crippen molar-refractivity contribution >= 4 is 13.7 Å². The molecule has 0 fully saturated rings. The molecule has 0 rings (SSSR count). The van der Waals surface area contributed by atoms with Gasteiger partial charge in [0.25, 0.3) is 7.82 Å². The summed E-state index contributed by atoms with van der Waals surface area (Å²) < 4.78 is 23.2. The van der Waals surface area contributed by atoms with Crippen molar-refractivity contribution in [1.29, 1.82) is 0 Å². The van der Waals surface area contributed by atoms with E-state index < -0.39 is 20.0 Å². The minimum Gasteiger partial charge on any atom is -0.756 e. The molecule has 3 atom stereocenters. The molecule has 0 aliphatic heterocycles. The molecule has 0 aromatic rings. The maximum atomic E-state index is 12.8. The third-order valence-electron chi connectivity index (χ3n) is 10.1. The van der Waals surface area contributed by atoms with E-state index in [0.717, 1.165) is 38.5 Å². The number of carbonyl (C=O) groups excluding carboxylic acids is 1. The first kappa shape index (κ1) is 50.5. The van der Waals surface area contributed by atoms with E-state index in [-0.39, 0.29) is 19.1 Å². The van der Waals surface area contributed by atoms with Crippen LogP contribution in [0.4, 0.5) is 0 Å². The number of rotatable bonds is 40. The number of hydrogen-bond acceptors (Lipinski definition) is 6. The van der Waals surface area contributed by atoms with Crippen LogP contribution in [0.25, 0.3) is 0 Å². The molecule has 51 heavy (non-hydrogen) atoms. The molecule has 306 valence electrons. The molecular formula is C42H87N2O6P. The van der Waals surface area contributed by atoms with Gasteiger partial charge in [-0.1, -0.05) is 194 Å². The maximum absolute atomic E-state index is 12.8. The molecule has 0 aliphatic rings. The molecule has 0 aromatic heterocycles.